The fourth-order valence-electron chi connectivity index (χ4n) is 0.385. The Morgan fingerprint density at radius 2 is 2.00 bits per heavy atom. The first-order valence-corrected chi connectivity index (χ1v) is 3.05. The molecule has 0 heterocycles. The fraction of sp³-hybridized carbons (Fsp3) is 1.00. The van der Waals surface area contributed by atoms with Gasteiger partial charge in [0, 0.05) is 6.61 Å². The Bertz CT molecular complexity index is 54.5. The number of rotatable bonds is 3. The molecule has 0 aliphatic rings. The molecular formula is C6H15NO. The van der Waals surface area contributed by atoms with Gasteiger partial charge in [0.1, 0.15) is 6.23 Å². The van der Waals surface area contributed by atoms with Gasteiger partial charge in [-0.05, 0) is 12.8 Å². The summed E-state index contributed by atoms with van der Waals surface area (Å²) in [5.74, 6) is 0.426. The molecule has 0 aliphatic carbocycles. The maximum atomic E-state index is 5.50. The van der Waals surface area contributed by atoms with E-state index in [1.54, 1.807) is 0 Å². The molecule has 0 saturated heterocycles. The minimum atomic E-state index is -0.0833. The molecule has 0 fully saturated rings. The summed E-state index contributed by atoms with van der Waals surface area (Å²) >= 11 is 0. The van der Waals surface area contributed by atoms with Gasteiger partial charge in [-0.25, -0.2) is 0 Å². The van der Waals surface area contributed by atoms with Crippen molar-refractivity contribution in [3.8, 4) is 0 Å². The van der Waals surface area contributed by atoms with Crippen molar-refractivity contribution in [2.75, 3.05) is 6.61 Å². The van der Waals surface area contributed by atoms with Crippen molar-refractivity contribution in [3.05, 3.63) is 0 Å². The monoisotopic (exact) mass is 117 g/mol. The molecule has 0 rings (SSSR count). The van der Waals surface area contributed by atoms with Gasteiger partial charge in [0.15, 0.2) is 0 Å². The predicted molar refractivity (Wildman–Crippen MR) is 34.4 cm³/mol. The van der Waals surface area contributed by atoms with E-state index in [1.165, 1.54) is 0 Å². The van der Waals surface area contributed by atoms with Crippen molar-refractivity contribution in [2.24, 2.45) is 11.7 Å². The molecular weight excluding hydrogens is 102 g/mol. The quantitative estimate of drug-likeness (QED) is 0.559. The van der Waals surface area contributed by atoms with Crippen molar-refractivity contribution >= 4 is 0 Å². The summed E-state index contributed by atoms with van der Waals surface area (Å²) < 4.78 is 5.08. The topological polar surface area (TPSA) is 35.2 Å². The minimum Gasteiger partial charge on any atom is -0.364 e. The first kappa shape index (κ1) is 7.92. The van der Waals surface area contributed by atoms with Gasteiger partial charge < -0.3 is 10.5 Å². The van der Waals surface area contributed by atoms with Crippen LogP contribution in [0.15, 0.2) is 0 Å². The molecule has 0 unspecified atom stereocenters. The molecule has 0 saturated carbocycles. The molecule has 8 heavy (non-hydrogen) atoms. The van der Waals surface area contributed by atoms with Gasteiger partial charge in [-0.3, -0.25) is 0 Å². The highest BCUT2D eigenvalue weighted by Gasteiger charge is 2.04. The van der Waals surface area contributed by atoms with E-state index in [-0.39, 0.29) is 6.23 Å². The third-order valence-electron chi connectivity index (χ3n) is 1.02. The smallest absolute Gasteiger partial charge is 0.107 e. The number of hydrogen-bond donors (Lipinski definition) is 1. The predicted octanol–water partition coefficient (Wildman–Crippen LogP) is 0.964. The standard InChI is InChI=1S/C6H15NO/c1-4-8-6(7)5(2)3/h5-6H,4,7H2,1-3H3/t6-/m0/s1. The lowest BCUT2D eigenvalue weighted by Gasteiger charge is -2.14. The van der Waals surface area contributed by atoms with Crippen LogP contribution in [0.3, 0.4) is 0 Å². The maximum absolute atomic E-state index is 5.50. The zero-order chi connectivity index (χ0) is 6.57. The van der Waals surface area contributed by atoms with Crippen molar-refractivity contribution in [1.82, 2.24) is 0 Å². The number of ether oxygens (including phenoxy) is 1. The zero-order valence-corrected chi connectivity index (χ0v) is 5.85. The second-order valence-corrected chi connectivity index (χ2v) is 2.16. The number of hydrogen-bond acceptors (Lipinski definition) is 2. The van der Waals surface area contributed by atoms with Crippen molar-refractivity contribution in [3.63, 3.8) is 0 Å². The first-order chi connectivity index (χ1) is 3.68. The highest BCUT2D eigenvalue weighted by atomic mass is 16.5. The van der Waals surface area contributed by atoms with Gasteiger partial charge in [0.05, 0.1) is 0 Å². The molecule has 0 aromatic heterocycles. The summed E-state index contributed by atoms with van der Waals surface area (Å²) in [7, 11) is 0. The molecule has 0 aromatic rings. The Hall–Kier alpha value is -0.0800. The molecule has 0 bridgehead atoms. The maximum Gasteiger partial charge on any atom is 0.107 e. The van der Waals surface area contributed by atoms with Crippen LogP contribution < -0.4 is 5.73 Å². The number of nitrogens with two attached hydrogens (primary N) is 1. The van der Waals surface area contributed by atoms with Crippen LogP contribution >= 0.6 is 0 Å². The van der Waals surface area contributed by atoms with E-state index >= 15 is 0 Å². The molecule has 0 radical (unpaired) electrons. The lowest BCUT2D eigenvalue weighted by atomic mass is 10.2. The Balaban J connectivity index is 3.17. The van der Waals surface area contributed by atoms with Crippen molar-refractivity contribution in [1.29, 1.82) is 0 Å². The van der Waals surface area contributed by atoms with Crippen LogP contribution in [0.2, 0.25) is 0 Å². The SMILES string of the molecule is CCO[C@H](N)C(C)C. The fourth-order valence-corrected chi connectivity index (χ4v) is 0.385. The average Bonchev–Trinajstić information content (AvgIpc) is 1.67. The Morgan fingerprint density at radius 3 is 2.12 bits per heavy atom. The van der Waals surface area contributed by atoms with E-state index in [4.69, 9.17) is 10.5 Å². The highest BCUT2D eigenvalue weighted by molar-refractivity contribution is 4.50. The van der Waals surface area contributed by atoms with E-state index in [9.17, 15) is 0 Å². The van der Waals surface area contributed by atoms with E-state index in [2.05, 4.69) is 0 Å². The van der Waals surface area contributed by atoms with Crippen molar-refractivity contribution < 1.29 is 4.74 Å². The minimum absolute atomic E-state index is 0.0833. The van der Waals surface area contributed by atoms with Crippen LogP contribution in [-0.2, 0) is 4.74 Å². The zero-order valence-electron chi connectivity index (χ0n) is 5.85. The van der Waals surface area contributed by atoms with E-state index in [0.717, 1.165) is 0 Å². The van der Waals surface area contributed by atoms with Crippen LogP contribution in [0.25, 0.3) is 0 Å². The van der Waals surface area contributed by atoms with Gasteiger partial charge in [-0.15, -0.1) is 0 Å². The molecule has 50 valence electrons. The molecule has 2 nitrogen and oxygen atoms in total. The van der Waals surface area contributed by atoms with Gasteiger partial charge in [-0.2, -0.15) is 0 Å². The molecule has 0 aromatic carbocycles. The Labute approximate surface area is 51.0 Å². The first-order valence-electron chi connectivity index (χ1n) is 3.05. The van der Waals surface area contributed by atoms with E-state index in [1.807, 2.05) is 20.8 Å². The lowest BCUT2D eigenvalue weighted by Crippen LogP contribution is -2.29. The van der Waals surface area contributed by atoms with Crippen LogP contribution in [0.1, 0.15) is 20.8 Å². The molecule has 0 amide bonds. The molecule has 0 spiro atoms. The van der Waals surface area contributed by atoms with E-state index < -0.39 is 0 Å². The summed E-state index contributed by atoms with van der Waals surface area (Å²) in [6, 6.07) is 0. The van der Waals surface area contributed by atoms with Gasteiger partial charge in [0.25, 0.3) is 0 Å². The second kappa shape index (κ2) is 3.87. The largest absolute Gasteiger partial charge is 0.364 e. The summed E-state index contributed by atoms with van der Waals surface area (Å²) in [5.41, 5.74) is 5.50. The highest BCUT2D eigenvalue weighted by Crippen LogP contribution is 1.97. The summed E-state index contributed by atoms with van der Waals surface area (Å²) in [4.78, 5) is 0. The average molecular weight is 117 g/mol. The third kappa shape index (κ3) is 2.99. The van der Waals surface area contributed by atoms with Crippen LogP contribution in [0.4, 0.5) is 0 Å². The van der Waals surface area contributed by atoms with Crippen LogP contribution in [-0.4, -0.2) is 12.8 Å². The van der Waals surface area contributed by atoms with Crippen molar-refractivity contribution in [2.45, 2.75) is 27.0 Å². The van der Waals surface area contributed by atoms with E-state index in [0.29, 0.717) is 12.5 Å². The molecule has 2 N–H and O–H groups in total. The molecule has 2 heteroatoms. The molecule has 0 aliphatic heterocycles. The molecule has 1 atom stereocenters. The lowest BCUT2D eigenvalue weighted by molar-refractivity contribution is 0.0355. The van der Waals surface area contributed by atoms with Gasteiger partial charge >= 0.3 is 0 Å². The Kier molecular flexibility index (Phi) is 3.83. The van der Waals surface area contributed by atoms with Crippen LogP contribution in [0, 0.1) is 5.92 Å². The van der Waals surface area contributed by atoms with Crippen LogP contribution in [0.5, 0.6) is 0 Å². The van der Waals surface area contributed by atoms with Gasteiger partial charge in [-0.1, -0.05) is 13.8 Å². The third-order valence-corrected chi connectivity index (χ3v) is 1.02. The summed E-state index contributed by atoms with van der Waals surface area (Å²) in [5, 5.41) is 0. The van der Waals surface area contributed by atoms with Gasteiger partial charge in [0.2, 0.25) is 0 Å². The Morgan fingerprint density at radius 1 is 1.50 bits per heavy atom. The normalized spacial score (nSPS) is 14.6. The second-order valence-electron chi connectivity index (χ2n) is 2.16. The summed E-state index contributed by atoms with van der Waals surface area (Å²) in [6.07, 6.45) is -0.0833. The summed E-state index contributed by atoms with van der Waals surface area (Å²) in [6.45, 7) is 6.74.